The fraction of sp³-hybridized carbons (Fsp3) is 0.0714. The van der Waals surface area contributed by atoms with Gasteiger partial charge in [0.25, 0.3) is 0 Å². The van der Waals surface area contributed by atoms with E-state index in [1.807, 2.05) is 60.7 Å². The molecule has 2 aliphatic rings. The molecule has 0 unspecified atom stereocenters. The average molecular weight is 608 g/mol. The third-order valence-corrected chi connectivity index (χ3v) is 9.23. The van der Waals surface area contributed by atoms with Crippen LogP contribution in [0.4, 0.5) is 0 Å². The van der Waals surface area contributed by atoms with Crippen LogP contribution in [0.1, 0.15) is 25.0 Å². The standard InChI is InChI=1S/C42H29N3O2/c1-42(2)31-18-7-6-16-30(31)38-32(42)21-22-37-40(38)47-36-20-11-17-29(39(36)46-37)27-14-10-15-28(24-27)35-25-34(26-12-4-3-5-13-26)44-41(45-35)33-19-8-9-23-43-33/h3-25H,1-2H3. The van der Waals surface area contributed by atoms with E-state index in [1.165, 1.54) is 16.7 Å². The molecule has 0 atom stereocenters. The van der Waals surface area contributed by atoms with Gasteiger partial charge in [-0.1, -0.05) is 111 Å². The third kappa shape index (κ3) is 4.43. The first-order chi connectivity index (χ1) is 23.0. The van der Waals surface area contributed by atoms with E-state index < -0.39 is 0 Å². The van der Waals surface area contributed by atoms with Gasteiger partial charge in [0.2, 0.25) is 0 Å². The van der Waals surface area contributed by atoms with Crippen LogP contribution in [0, 0.1) is 0 Å². The van der Waals surface area contributed by atoms with Crippen LogP contribution in [0.25, 0.3) is 56.3 Å². The number of hydrogen-bond donors (Lipinski definition) is 0. The molecule has 0 N–H and O–H groups in total. The average Bonchev–Trinajstić information content (AvgIpc) is 3.37. The van der Waals surface area contributed by atoms with E-state index in [9.17, 15) is 0 Å². The summed E-state index contributed by atoms with van der Waals surface area (Å²) in [6.07, 6.45) is 1.76. The molecule has 9 rings (SSSR count). The SMILES string of the molecule is CC1(C)c2ccccc2-c2c1ccc1c2Oc2cccc(-c3cccc(-c4cc(-c5ccccc5)nc(-c5ccccn5)n4)c3)c2O1. The van der Waals surface area contributed by atoms with Crippen LogP contribution in [0.15, 0.2) is 140 Å². The first kappa shape index (κ1) is 27.3. The number of rotatable bonds is 4. The van der Waals surface area contributed by atoms with Gasteiger partial charge in [0.05, 0.1) is 11.4 Å². The Balaban J connectivity index is 1.13. The van der Waals surface area contributed by atoms with E-state index in [4.69, 9.17) is 19.4 Å². The predicted molar refractivity (Wildman–Crippen MR) is 186 cm³/mol. The minimum atomic E-state index is -0.120. The first-order valence-electron chi connectivity index (χ1n) is 15.8. The summed E-state index contributed by atoms with van der Waals surface area (Å²) in [5.74, 6) is 3.47. The maximum absolute atomic E-state index is 6.72. The highest BCUT2D eigenvalue weighted by molar-refractivity contribution is 5.89. The van der Waals surface area contributed by atoms with Crippen LogP contribution < -0.4 is 9.47 Å². The molecule has 5 heteroatoms. The summed E-state index contributed by atoms with van der Waals surface area (Å²) in [7, 11) is 0. The van der Waals surface area contributed by atoms with Gasteiger partial charge < -0.3 is 9.47 Å². The number of fused-ring (bicyclic) bond motifs is 6. The van der Waals surface area contributed by atoms with Crippen LogP contribution in [0.2, 0.25) is 0 Å². The summed E-state index contributed by atoms with van der Waals surface area (Å²) in [5, 5.41) is 0. The van der Waals surface area contributed by atoms with Gasteiger partial charge in [0, 0.05) is 33.9 Å². The van der Waals surface area contributed by atoms with Crippen molar-refractivity contribution in [3.05, 3.63) is 151 Å². The first-order valence-corrected chi connectivity index (χ1v) is 15.8. The van der Waals surface area contributed by atoms with E-state index in [1.54, 1.807) is 6.20 Å². The molecule has 224 valence electrons. The van der Waals surface area contributed by atoms with Gasteiger partial charge in [0.15, 0.2) is 28.8 Å². The Bertz CT molecular complexity index is 2270. The topological polar surface area (TPSA) is 57.1 Å². The fourth-order valence-electron chi connectivity index (χ4n) is 6.88. The summed E-state index contributed by atoms with van der Waals surface area (Å²) in [5.41, 5.74) is 11.0. The number of nitrogens with zero attached hydrogens (tertiary/aromatic N) is 3. The largest absolute Gasteiger partial charge is 0.449 e. The Morgan fingerprint density at radius 3 is 2.02 bits per heavy atom. The molecule has 0 bridgehead atoms. The predicted octanol–water partition coefficient (Wildman–Crippen LogP) is 10.7. The van der Waals surface area contributed by atoms with Gasteiger partial charge in [-0.3, -0.25) is 4.98 Å². The van der Waals surface area contributed by atoms with Crippen molar-refractivity contribution in [2.75, 3.05) is 0 Å². The molecular formula is C42H29N3O2. The van der Waals surface area contributed by atoms with Crippen molar-refractivity contribution in [1.29, 1.82) is 0 Å². The number of hydrogen-bond acceptors (Lipinski definition) is 5. The molecule has 7 aromatic rings. The van der Waals surface area contributed by atoms with Crippen molar-refractivity contribution in [2.24, 2.45) is 0 Å². The van der Waals surface area contributed by atoms with E-state index in [-0.39, 0.29) is 5.41 Å². The minimum Gasteiger partial charge on any atom is -0.449 e. The third-order valence-electron chi connectivity index (χ3n) is 9.23. The van der Waals surface area contributed by atoms with Crippen molar-refractivity contribution in [2.45, 2.75) is 19.3 Å². The highest BCUT2D eigenvalue weighted by atomic mass is 16.6. The summed E-state index contributed by atoms with van der Waals surface area (Å²) in [6, 6.07) is 45.3. The lowest BCUT2D eigenvalue weighted by Crippen LogP contribution is -2.15. The second-order valence-corrected chi connectivity index (χ2v) is 12.4. The Kier molecular flexibility index (Phi) is 6.09. The lowest BCUT2D eigenvalue weighted by Gasteiger charge is -2.26. The Morgan fingerprint density at radius 2 is 1.17 bits per heavy atom. The van der Waals surface area contributed by atoms with Crippen LogP contribution in [0.5, 0.6) is 23.0 Å². The van der Waals surface area contributed by atoms with E-state index >= 15 is 0 Å². The molecule has 1 aliphatic heterocycles. The Labute approximate surface area is 273 Å². The molecule has 0 saturated carbocycles. The van der Waals surface area contributed by atoms with Gasteiger partial charge in [-0.05, 0) is 58.7 Å². The molecule has 0 saturated heterocycles. The summed E-state index contributed by atoms with van der Waals surface area (Å²) in [6.45, 7) is 4.54. The molecule has 5 nitrogen and oxygen atoms in total. The molecule has 0 radical (unpaired) electrons. The van der Waals surface area contributed by atoms with Crippen molar-refractivity contribution >= 4 is 0 Å². The normalized spacial score (nSPS) is 13.4. The minimum absolute atomic E-state index is 0.120. The molecule has 0 fully saturated rings. The summed E-state index contributed by atoms with van der Waals surface area (Å²) in [4.78, 5) is 14.4. The molecule has 1 aliphatic carbocycles. The fourth-order valence-corrected chi connectivity index (χ4v) is 6.88. The van der Waals surface area contributed by atoms with Crippen LogP contribution in [0.3, 0.4) is 0 Å². The van der Waals surface area contributed by atoms with Gasteiger partial charge in [0.1, 0.15) is 5.69 Å². The van der Waals surface area contributed by atoms with Gasteiger partial charge >= 0.3 is 0 Å². The maximum atomic E-state index is 6.72. The van der Waals surface area contributed by atoms with Crippen molar-refractivity contribution in [3.8, 4) is 79.3 Å². The second-order valence-electron chi connectivity index (χ2n) is 12.4. The zero-order valence-corrected chi connectivity index (χ0v) is 25.9. The highest BCUT2D eigenvalue weighted by Gasteiger charge is 2.39. The monoisotopic (exact) mass is 607 g/mol. The Morgan fingerprint density at radius 1 is 0.489 bits per heavy atom. The molecule has 2 aromatic heterocycles. The van der Waals surface area contributed by atoms with Gasteiger partial charge in [-0.2, -0.15) is 0 Å². The highest BCUT2D eigenvalue weighted by Crippen LogP contribution is 2.59. The molecule has 3 heterocycles. The van der Waals surface area contributed by atoms with Crippen LogP contribution >= 0.6 is 0 Å². The van der Waals surface area contributed by atoms with Crippen molar-refractivity contribution < 1.29 is 9.47 Å². The molecule has 0 spiro atoms. The van der Waals surface area contributed by atoms with E-state index in [2.05, 4.69) is 91.6 Å². The number of aromatic nitrogens is 3. The number of benzene rings is 5. The van der Waals surface area contributed by atoms with Crippen LogP contribution in [-0.2, 0) is 5.41 Å². The zero-order valence-electron chi connectivity index (χ0n) is 25.9. The summed E-state index contributed by atoms with van der Waals surface area (Å²) >= 11 is 0. The van der Waals surface area contributed by atoms with Gasteiger partial charge in [-0.25, -0.2) is 9.97 Å². The van der Waals surface area contributed by atoms with Crippen molar-refractivity contribution in [3.63, 3.8) is 0 Å². The smallest absolute Gasteiger partial charge is 0.179 e. The van der Waals surface area contributed by atoms with Crippen LogP contribution in [-0.4, -0.2) is 15.0 Å². The van der Waals surface area contributed by atoms with E-state index in [0.717, 1.165) is 56.4 Å². The maximum Gasteiger partial charge on any atom is 0.179 e. The zero-order chi connectivity index (χ0) is 31.5. The number of para-hydroxylation sites is 1. The Hall–Kier alpha value is -6.07. The number of pyridine rings is 1. The second kappa shape index (κ2) is 10.5. The molecule has 0 amide bonds. The van der Waals surface area contributed by atoms with Crippen molar-refractivity contribution in [1.82, 2.24) is 15.0 Å². The molecule has 47 heavy (non-hydrogen) atoms. The van der Waals surface area contributed by atoms with Gasteiger partial charge in [-0.15, -0.1) is 0 Å². The summed E-state index contributed by atoms with van der Waals surface area (Å²) < 4.78 is 13.4. The molecule has 5 aromatic carbocycles. The lowest BCUT2D eigenvalue weighted by atomic mass is 9.82. The number of ether oxygens (including phenoxy) is 2. The molecular weight excluding hydrogens is 578 g/mol. The van der Waals surface area contributed by atoms with E-state index in [0.29, 0.717) is 17.3 Å². The quantitative estimate of drug-likeness (QED) is 0.199. The lowest BCUT2D eigenvalue weighted by molar-refractivity contribution is 0.361.